The van der Waals surface area contributed by atoms with Crippen LogP contribution in [0.4, 0.5) is 0 Å². The van der Waals surface area contributed by atoms with Crippen LogP contribution in [-0.2, 0) is 4.79 Å². The van der Waals surface area contributed by atoms with Crippen LogP contribution in [0.3, 0.4) is 0 Å². The molecule has 1 aromatic rings. The van der Waals surface area contributed by atoms with E-state index in [9.17, 15) is 4.79 Å². The minimum Gasteiger partial charge on any atom is -0.480 e. The Morgan fingerprint density at radius 3 is 2.78 bits per heavy atom. The summed E-state index contributed by atoms with van der Waals surface area (Å²) >= 11 is 15.0. The van der Waals surface area contributed by atoms with Crippen molar-refractivity contribution >= 4 is 52.7 Å². The van der Waals surface area contributed by atoms with Gasteiger partial charge in [0.2, 0.25) is 0 Å². The van der Waals surface area contributed by atoms with Gasteiger partial charge < -0.3 is 10.8 Å². The number of carboxylic acid groups (broad SMARTS) is 1. The smallest absolute Gasteiger partial charge is 0.321 e. The Balaban J connectivity index is 2.26. The minimum absolute atomic E-state index is 0.416. The van der Waals surface area contributed by atoms with E-state index in [1.54, 1.807) is 23.9 Å². The fraction of sp³-hybridized carbons (Fsp3) is 0.364. The molecule has 18 heavy (non-hydrogen) atoms. The maximum atomic E-state index is 10.5. The lowest BCUT2D eigenvalue weighted by molar-refractivity contribution is -0.137. The topological polar surface area (TPSA) is 63.3 Å². The van der Waals surface area contributed by atoms with Gasteiger partial charge in [-0.15, -0.1) is 11.8 Å². The first kappa shape index (κ1) is 16.0. The van der Waals surface area contributed by atoms with Crippen molar-refractivity contribution in [2.45, 2.75) is 10.9 Å². The van der Waals surface area contributed by atoms with E-state index < -0.39 is 12.0 Å². The lowest BCUT2D eigenvalue weighted by Crippen LogP contribution is -2.32. The van der Waals surface area contributed by atoms with E-state index >= 15 is 0 Å². The van der Waals surface area contributed by atoms with Crippen LogP contribution in [0.2, 0.25) is 10.0 Å². The normalized spacial score (nSPS) is 12.4. The molecule has 0 radical (unpaired) electrons. The zero-order valence-electron chi connectivity index (χ0n) is 9.44. The molecule has 0 saturated heterocycles. The van der Waals surface area contributed by atoms with Gasteiger partial charge in [0.1, 0.15) is 6.04 Å². The van der Waals surface area contributed by atoms with Crippen LogP contribution in [0.1, 0.15) is 0 Å². The molecule has 0 aliphatic heterocycles. The predicted octanol–water partition coefficient (Wildman–Crippen LogP) is 3.23. The van der Waals surface area contributed by atoms with E-state index in [-0.39, 0.29) is 0 Å². The Morgan fingerprint density at radius 1 is 1.39 bits per heavy atom. The second kappa shape index (κ2) is 8.17. The summed E-state index contributed by atoms with van der Waals surface area (Å²) in [5.41, 5.74) is 5.39. The largest absolute Gasteiger partial charge is 0.480 e. The summed E-state index contributed by atoms with van der Waals surface area (Å²) in [6.07, 6.45) is 0. The maximum Gasteiger partial charge on any atom is 0.321 e. The van der Waals surface area contributed by atoms with E-state index in [0.29, 0.717) is 15.8 Å². The highest BCUT2D eigenvalue weighted by Gasteiger charge is 2.10. The van der Waals surface area contributed by atoms with Crippen LogP contribution in [0, 0.1) is 0 Å². The number of halogens is 2. The van der Waals surface area contributed by atoms with Gasteiger partial charge in [0, 0.05) is 27.2 Å². The van der Waals surface area contributed by atoms with Crippen LogP contribution in [0.25, 0.3) is 0 Å². The number of nitrogens with two attached hydrogens (primary N) is 1. The van der Waals surface area contributed by atoms with Gasteiger partial charge in [0.25, 0.3) is 0 Å². The van der Waals surface area contributed by atoms with Crippen LogP contribution in [0.15, 0.2) is 23.1 Å². The molecule has 0 fully saturated rings. The van der Waals surface area contributed by atoms with Crippen molar-refractivity contribution in [3.8, 4) is 0 Å². The summed E-state index contributed by atoms with van der Waals surface area (Å²) in [7, 11) is 0. The van der Waals surface area contributed by atoms with Crippen molar-refractivity contribution in [1.29, 1.82) is 0 Å². The molecule has 0 bridgehead atoms. The average molecular weight is 326 g/mol. The average Bonchev–Trinajstić information content (AvgIpc) is 2.32. The molecule has 1 rings (SSSR count). The molecule has 7 heteroatoms. The second-order valence-electron chi connectivity index (χ2n) is 3.44. The number of thioether (sulfide) groups is 2. The van der Waals surface area contributed by atoms with Crippen LogP contribution >= 0.6 is 46.7 Å². The summed E-state index contributed by atoms with van der Waals surface area (Å²) in [6.45, 7) is 0. The molecule has 0 heterocycles. The third-order valence-corrected chi connectivity index (χ3v) is 5.07. The number of carboxylic acids is 1. The second-order valence-corrected chi connectivity index (χ2v) is 6.57. The predicted molar refractivity (Wildman–Crippen MR) is 80.1 cm³/mol. The van der Waals surface area contributed by atoms with E-state index in [1.165, 1.54) is 11.8 Å². The van der Waals surface area contributed by atoms with Gasteiger partial charge >= 0.3 is 5.97 Å². The Labute approximate surface area is 124 Å². The quantitative estimate of drug-likeness (QED) is 0.595. The van der Waals surface area contributed by atoms with E-state index in [1.807, 2.05) is 6.07 Å². The fourth-order valence-electron chi connectivity index (χ4n) is 1.08. The highest BCUT2D eigenvalue weighted by molar-refractivity contribution is 8.03. The fourth-order valence-corrected chi connectivity index (χ4v) is 3.60. The standard InChI is InChI=1S/C11H13Cl2NO2S2/c12-7-1-2-8(13)10(5-7)18-4-3-17-6-9(14)11(15)16/h1-2,5,9H,3-4,6,14H2,(H,15,16). The van der Waals surface area contributed by atoms with Crippen molar-refractivity contribution in [3.05, 3.63) is 28.2 Å². The third-order valence-electron chi connectivity index (χ3n) is 1.99. The Morgan fingerprint density at radius 2 is 2.11 bits per heavy atom. The minimum atomic E-state index is -0.965. The maximum absolute atomic E-state index is 10.5. The molecular formula is C11H13Cl2NO2S2. The SMILES string of the molecule is NC(CSCCSc1cc(Cl)ccc1Cl)C(=O)O. The molecule has 0 amide bonds. The summed E-state index contributed by atoms with van der Waals surface area (Å²) in [4.78, 5) is 11.4. The van der Waals surface area contributed by atoms with Crippen LogP contribution in [0.5, 0.6) is 0 Å². The number of carbonyl (C=O) groups is 1. The van der Waals surface area contributed by atoms with Crippen LogP contribution < -0.4 is 5.73 Å². The molecule has 1 atom stereocenters. The Bertz CT molecular complexity index is 418. The molecule has 100 valence electrons. The highest BCUT2D eigenvalue weighted by atomic mass is 35.5. The first-order valence-electron chi connectivity index (χ1n) is 5.14. The first-order valence-corrected chi connectivity index (χ1v) is 8.04. The van der Waals surface area contributed by atoms with Gasteiger partial charge in [0.15, 0.2) is 0 Å². The van der Waals surface area contributed by atoms with E-state index in [4.69, 9.17) is 34.0 Å². The van der Waals surface area contributed by atoms with E-state index in [2.05, 4.69) is 0 Å². The Hall–Kier alpha value is -0.0700. The molecule has 0 aliphatic rings. The monoisotopic (exact) mass is 325 g/mol. The first-order chi connectivity index (χ1) is 8.50. The van der Waals surface area contributed by atoms with Gasteiger partial charge in [-0.2, -0.15) is 11.8 Å². The molecule has 3 nitrogen and oxygen atoms in total. The van der Waals surface area contributed by atoms with Gasteiger partial charge in [0.05, 0.1) is 5.02 Å². The number of hydrogen-bond acceptors (Lipinski definition) is 4. The van der Waals surface area contributed by atoms with Crippen molar-refractivity contribution in [3.63, 3.8) is 0 Å². The Kier molecular flexibility index (Phi) is 7.26. The van der Waals surface area contributed by atoms with Crippen molar-refractivity contribution in [2.75, 3.05) is 17.3 Å². The summed E-state index contributed by atoms with van der Waals surface area (Å²) in [5.74, 6) is 1.10. The van der Waals surface area contributed by atoms with Gasteiger partial charge in [-0.1, -0.05) is 23.2 Å². The molecule has 0 aliphatic carbocycles. The lowest BCUT2D eigenvalue weighted by Gasteiger charge is -2.07. The molecule has 0 aromatic heterocycles. The van der Waals surface area contributed by atoms with Gasteiger partial charge in [-0.05, 0) is 18.2 Å². The molecule has 0 spiro atoms. The van der Waals surface area contributed by atoms with Gasteiger partial charge in [-0.3, -0.25) is 4.79 Å². The lowest BCUT2D eigenvalue weighted by atomic mass is 10.4. The summed E-state index contributed by atoms with van der Waals surface area (Å²) in [6, 6.07) is 4.53. The van der Waals surface area contributed by atoms with Crippen molar-refractivity contribution in [1.82, 2.24) is 0 Å². The molecule has 0 saturated carbocycles. The molecule has 1 aromatic carbocycles. The number of rotatable bonds is 7. The molecule has 1 unspecified atom stereocenters. The van der Waals surface area contributed by atoms with E-state index in [0.717, 1.165) is 16.4 Å². The van der Waals surface area contributed by atoms with Gasteiger partial charge in [-0.25, -0.2) is 0 Å². The molecule has 3 N–H and O–H groups in total. The zero-order valence-corrected chi connectivity index (χ0v) is 12.6. The summed E-state index contributed by atoms with van der Waals surface area (Å²) in [5, 5.41) is 9.94. The number of benzene rings is 1. The van der Waals surface area contributed by atoms with Crippen molar-refractivity contribution < 1.29 is 9.90 Å². The highest BCUT2D eigenvalue weighted by Crippen LogP contribution is 2.30. The number of hydrogen-bond donors (Lipinski definition) is 2. The molecular weight excluding hydrogens is 313 g/mol. The zero-order chi connectivity index (χ0) is 13.5. The van der Waals surface area contributed by atoms with Crippen molar-refractivity contribution in [2.24, 2.45) is 5.73 Å². The number of aliphatic carboxylic acids is 1. The summed E-state index contributed by atoms with van der Waals surface area (Å²) < 4.78 is 0. The third kappa shape index (κ3) is 5.71. The van der Waals surface area contributed by atoms with Crippen LogP contribution in [-0.4, -0.2) is 34.4 Å².